The highest BCUT2D eigenvalue weighted by Crippen LogP contribution is 2.26. The minimum absolute atomic E-state index is 0.270. The lowest BCUT2D eigenvalue weighted by Crippen LogP contribution is -2.05. The lowest BCUT2D eigenvalue weighted by atomic mass is 10.2. The quantitative estimate of drug-likeness (QED) is 0.492. The third kappa shape index (κ3) is 4.08. The van der Waals surface area contributed by atoms with Crippen LogP contribution in [0.15, 0.2) is 60.9 Å². The van der Waals surface area contributed by atoms with Gasteiger partial charge in [0.25, 0.3) is 0 Å². The Hall–Kier alpha value is -3.74. The highest BCUT2D eigenvalue weighted by molar-refractivity contribution is 5.90. The number of hydrogen-bond acceptors (Lipinski definition) is 6. The van der Waals surface area contributed by atoms with Crippen molar-refractivity contribution >= 4 is 28.4 Å². The largest absolute Gasteiger partial charge is 0.496 e. The Kier molecular flexibility index (Phi) is 5.20. The van der Waals surface area contributed by atoms with Crippen molar-refractivity contribution in [2.24, 2.45) is 0 Å². The van der Waals surface area contributed by atoms with Crippen LogP contribution in [0.5, 0.6) is 5.75 Å². The van der Waals surface area contributed by atoms with E-state index in [9.17, 15) is 4.39 Å². The number of hydrogen-bond donors (Lipinski definition) is 2. The smallest absolute Gasteiger partial charge is 0.223 e. The van der Waals surface area contributed by atoms with Crippen LogP contribution in [0.4, 0.5) is 21.8 Å². The number of benzene rings is 2. The number of ether oxygens (including phenoxy) is 1. The maximum Gasteiger partial charge on any atom is 0.223 e. The normalized spacial score (nSPS) is 10.7. The minimum Gasteiger partial charge on any atom is -0.496 e. The summed E-state index contributed by atoms with van der Waals surface area (Å²) < 4.78 is 18.7. The molecule has 6 nitrogen and oxygen atoms in total. The Morgan fingerprint density at radius 3 is 2.76 bits per heavy atom. The second-order valence-electron chi connectivity index (χ2n) is 6.54. The molecule has 2 N–H and O–H groups in total. The van der Waals surface area contributed by atoms with E-state index in [0.29, 0.717) is 18.3 Å². The van der Waals surface area contributed by atoms with Crippen molar-refractivity contribution in [1.82, 2.24) is 15.0 Å². The fourth-order valence-corrected chi connectivity index (χ4v) is 3.06. The van der Waals surface area contributed by atoms with E-state index in [1.165, 1.54) is 12.1 Å². The van der Waals surface area contributed by atoms with Crippen LogP contribution in [-0.2, 0) is 6.54 Å². The molecule has 0 saturated carbocycles. The van der Waals surface area contributed by atoms with E-state index >= 15 is 0 Å². The van der Waals surface area contributed by atoms with Crippen molar-refractivity contribution in [1.29, 1.82) is 0 Å². The SMILES string of the molecule is COc1ccccc1CNc1ncc2c(Nc3ccc(F)cc3C)nccc2n1. The van der Waals surface area contributed by atoms with Crippen LogP contribution in [0, 0.1) is 12.7 Å². The Morgan fingerprint density at radius 2 is 1.93 bits per heavy atom. The molecule has 4 aromatic rings. The zero-order valence-corrected chi connectivity index (χ0v) is 16.1. The van der Waals surface area contributed by atoms with Crippen LogP contribution in [0.3, 0.4) is 0 Å². The van der Waals surface area contributed by atoms with Gasteiger partial charge in [-0.2, -0.15) is 0 Å². The highest BCUT2D eigenvalue weighted by Gasteiger charge is 2.09. The predicted octanol–water partition coefficient (Wildman–Crippen LogP) is 4.84. The van der Waals surface area contributed by atoms with E-state index in [1.54, 1.807) is 25.6 Å². The predicted molar refractivity (Wildman–Crippen MR) is 112 cm³/mol. The third-order valence-corrected chi connectivity index (χ3v) is 4.58. The van der Waals surface area contributed by atoms with Crippen molar-refractivity contribution in [3.63, 3.8) is 0 Å². The van der Waals surface area contributed by atoms with Gasteiger partial charge in [-0.25, -0.2) is 19.3 Å². The summed E-state index contributed by atoms with van der Waals surface area (Å²) in [6, 6.07) is 14.2. The van der Waals surface area contributed by atoms with Gasteiger partial charge in [0.1, 0.15) is 17.4 Å². The Morgan fingerprint density at radius 1 is 1.07 bits per heavy atom. The Bertz CT molecular complexity index is 1160. The van der Waals surface area contributed by atoms with Gasteiger partial charge in [-0.15, -0.1) is 0 Å². The van der Waals surface area contributed by atoms with Gasteiger partial charge in [-0.3, -0.25) is 0 Å². The maximum absolute atomic E-state index is 13.3. The molecule has 2 aromatic carbocycles. The van der Waals surface area contributed by atoms with Gasteiger partial charge < -0.3 is 15.4 Å². The van der Waals surface area contributed by atoms with Gasteiger partial charge >= 0.3 is 0 Å². The first-order valence-corrected chi connectivity index (χ1v) is 9.15. The number of anilines is 3. The van der Waals surface area contributed by atoms with E-state index in [1.807, 2.05) is 37.3 Å². The molecule has 0 radical (unpaired) electrons. The molecule has 2 heterocycles. The molecule has 0 aliphatic carbocycles. The molecule has 29 heavy (non-hydrogen) atoms. The molecular weight excluding hydrogens is 369 g/mol. The molecule has 4 rings (SSSR count). The van der Waals surface area contributed by atoms with Crippen molar-refractivity contribution < 1.29 is 9.13 Å². The molecule has 0 bridgehead atoms. The van der Waals surface area contributed by atoms with Gasteiger partial charge in [0, 0.05) is 30.2 Å². The number of nitrogens with zero attached hydrogens (tertiary/aromatic N) is 3. The summed E-state index contributed by atoms with van der Waals surface area (Å²) in [4.78, 5) is 13.4. The summed E-state index contributed by atoms with van der Waals surface area (Å²) in [5.41, 5.74) is 3.34. The van der Waals surface area contributed by atoms with Crippen LogP contribution in [0.2, 0.25) is 0 Å². The highest BCUT2D eigenvalue weighted by atomic mass is 19.1. The molecule has 0 aliphatic rings. The van der Waals surface area contributed by atoms with E-state index < -0.39 is 0 Å². The summed E-state index contributed by atoms with van der Waals surface area (Å²) in [5, 5.41) is 7.24. The third-order valence-electron chi connectivity index (χ3n) is 4.58. The molecule has 0 unspecified atom stereocenters. The number of rotatable bonds is 6. The first-order chi connectivity index (χ1) is 14.1. The molecule has 146 valence electrons. The molecule has 7 heteroatoms. The lowest BCUT2D eigenvalue weighted by Gasteiger charge is -2.12. The second-order valence-corrected chi connectivity index (χ2v) is 6.54. The fourth-order valence-electron chi connectivity index (χ4n) is 3.06. The minimum atomic E-state index is -0.270. The monoisotopic (exact) mass is 389 g/mol. The molecule has 2 aromatic heterocycles. The van der Waals surface area contributed by atoms with Gasteiger partial charge in [0.15, 0.2) is 0 Å². The number of pyridine rings is 1. The van der Waals surface area contributed by atoms with E-state index in [4.69, 9.17) is 4.74 Å². The molecule has 0 spiro atoms. The number of aromatic nitrogens is 3. The maximum atomic E-state index is 13.3. The van der Waals surface area contributed by atoms with Crippen molar-refractivity contribution in [2.45, 2.75) is 13.5 Å². The first kappa shape index (κ1) is 18.6. The molecular formula is C22H20FN5O. The van der Waals surface area contributed by atoms with Crippen molar-refractivity contribution in [2.75, 3.05) is 17.7 Å². The molecule has 0 atom stereocenters. The van der Waals surface area contributed by atoms with Crippen molar-refractivity contribution in [3.8, 4) is 5.75 Å². The van der Waals surface area contributed by atoms with Crippen LogP contribution in [-0.4, -0.2) is 22.1 Å². The molecule has 0 saturated heterocycles. The zero-order valence-electron chi connectivity index (χ0n) is 16.1. The number of aryl methyl sites for hydroxylation is 1. The lowest BCUT2D eigenvalue weighted by molar-refractivity contribution is 0.410. The summed E-state index contributed by atoms with van der Waals surface area (Å²) in [6.07, 6.45) is 3.40. The molecule has 0 fully saturated rings. The average molecular weight is 389 g/mol. The summed E-state index contributed by atoms with van der Waals surface area (Å²) in [5.74, 6) is 1.67. The fraction of sp³-hybridized carbons (Fsp3) is 0.136. The summed E-state index contributed by atoms with van der Waals surface area (Å²) in [7, 11) is 1.65. The average Bonchev–Trinajstić information content (AvgIpc) is 2.74. The van der Waals surface area contributed by atoms with Gasteiger partial charge in [0.2, 0.25) is 5.95 Å². The molecule has 0 aliphatic heterocycles. The van der Waals surface area contributed by atoms with Crippen LogP contribution in [0.25, 0.3) is 10.9 Å². The summed E-state index contributed by atoms with van der Waals surface area (Å²) in [6.45, 7) is 2.38. The topological polar surface area (TPSA) is 72.0 Å². The number of methoxy groups -OCH3 is 1. The number of para-hydroxylation sites is 1. The zero-order chi connectivity index (χ0) is 20.2. The van der Waals surface area contributed by atoms with Gasteiger partial charge in [0.05, 0.1) is 18.0 Å². The van der Waals surface area contributed by atoms with Crippen LogP contribution >= 0.6 is 0 Å². The van der Waals surface area contributed by atoms with Crippen molar-refractivity contribution in [3.05, 3.63) is 77.9 Å². The van der Waals surface area contributed by atoms with E-state index in [0.717, 1.165) is 33.5 Å². The van der Waals surface area contributed by atoms with Crippen LogP contribution < -0.4 is 15.4 Å². The number of fused-ring (bicyclic) bond motifs is 1. The number of nitrogens with one attached hydrogen (secondary N) is 2. The van der Waals surface area contributed by atoms with E-state index in [-0.39, 0.29) is 5.82 Å². The Labute approximate surface area is 167 Å². The summed E-state index contributed by atoms with van der Waals surface area (Å²) >= 11 is 0. The second kappa shape index (κ2) is 8.10. The van der Waals surface area contributed by atoms with Crippen LogP contribution in [0.1, 0.15) is 11.1 Å². The molecule has 0 amide bonds. The van der Waals surface area contributed by atoms with Gasteiger partial charge in [-0.05, 0) is 42.8 Å². The Balaban J connectivity index is 1.57. The van der Waals surface area contributed by atoms with E-state index in [2.05, 4.69) is 25.6 Å². The standard InChI is InChI=1S/C22H20FN5O/c1-14-11-16(23)7-8-18(14)27-21-17-13-26-22(28-19(17)9-10-24-21)25-12-15-5-3-4-6-20(15)29-2/h3-11,13H,12H2,1-2H3,(H,24,27)(H,25,26,28). The number of halogens is 1. The van der Waals surface area contributed by atoms with Gasteiger partial charge in [-0.1, -0.05) is 18.2 Å². The first-order valence-electron chi connectivity index (χ1n) is 9.15.